The van der Waals surface area contributed by atoms with E-state index in [0.29, 0.717) is 0 Å². The SMILES string of the molecule is NNC(c1ccc(Cl)s1)C1CCCO1. The quantitative estimate of drug-likeness (QED) is 0.620. The van der Waals surface area contributed by atoms with Gasteiger partial charge in [-0.05, 0) is 25.0 Å². The Morgan fingerprint density at radius 3 is 3.00 bits per heavy atom. The Morgan fingerprint density at radius 1 is 1.64 bits per heavy atom. The Labute approximate surface area is 92.2 Å². The molecule has 1 aromatic heterocycles. The molecule has 5 heteroatoms. The molecule has 0 aromatic carbocycles. The van der Waals surface area contributed by atoms with Crippen LogP contribution in [0.15, 0.2) is 12.1 Å². The summed E-state index contributed by atoms with van der Waals surface area (Å²) in [4.78, 5) is 1.14. The van der Waals surface area contributed by atoms with Crippen LogP contribution in [0.25, 0.3) is 0 Å². The molecule has 0 aliphatic carbocycles. The van der Waals surface area contributed by atoms with Gasteiger partial charge in [0.15, 0.2) is 0 Å². The lowest BCUT2D eigenvalue weighted by molar-refractivity contribution is 0.0794. The van der Waals surface area contributed by atoms with Crippen LogP contribution >= 0.6 is 22.9 Å². The lowest BCUT2D eigenvalue weighted by Gasteiger charge is -2.20. The maximum atomic E-state index is 5.88. The summed E-state index contributed by atoms with van der Waals surface area (Å²) in [5.74, 6) is 5.53. The molecule has 2 unspecified atom stereocenters. The van der Waals surface area contributed by atoms with Gasteiger partial charge < -0.3 is 4.74 Å². The summed E-state index contributed by atoms with van der Waals surface area (Å²) in [6, 6.07) is 3.97. The van der Waals surface area contributed by atoms with Gasteiger partial charge in [-0.1, -0.05) is 11.6 Å². The van der Waals surface area contributed by atoms with E-state index in [4.69, 9.17) is 22.2 Å². The van der Waals surface area contributed by atoms with Crippen LogP contribution in [-0.4, -0.2) is 12.7 Å². The van der Waals surface area contributed by atoms with Crippen molar-refractivity contribution in [2.24, 2.45) is 5.84 Å². The van der Waals surface area contributed by atoms with Gasteiger partial charge in [-0.2, -0.15) is 0 Å². The number of hydrazine groups is 1. The minimum absolute atomic E-state index is 0.0787. The van der Waals surface area contributed by atoms with Crippen LogP contribution in [0.5, 0.6) is 0 Å². The first-order valence-corrected chi connectivity index (χ1v) is 5.83. The van der Waals surface area contributed by atoms with Gasteiger partial charge in [0.05, 0.1) is 16.5 Å². The summed E-state index contributed by atoms with van der Waals surface area (Å²) in [5, 5.41) is 0. The highest BCUT2D eigenvalue weighted by Gasteiger charge is 2.27. The molecule has 1 fully saturated rings. The molecule has 0 spiro atoms. The van der Waals surface area contributed by atoms with Crippen LogP contribution in [0.2, 0.25) is 4.34 Å². The second-order valence-corrected chi connectivity index (χ2v) is 5.08. The van der Waals surface area contributed by atoms with Crippen molar-refractivity contribution in [1.29, 1.82) is 0 Å². The van der Waals surface area contributed by atoms with E-state index < -0.39 is 0 Å². The fourth-order valence-corrected chi connectivity index (χ4v) is 2.91. The van der Waals surface area contributed by atoms with Crippen LogP contribution in [-0.2, 0) is 4.74 Å². The van der Waals surface area contributed by atoms with Crippen LogP contribution < -0.4 is 11.3 Å². The fraction of sp³-hybridized carbons (Fsp3) is 0.556. The smallest absolute Gasteiger partial charge is 0.0931 e. The van der Waals surface area contributed by atoms with Gasteiger partial charge in [-0.15, -0.1) is 11.3 Å². The molecule has 0 saturated carbocycles. The van der Waals surface area contributed by atoms with Crippen molar-refractivity contribution in [2.45, 2.75) is 25.0 Å². The van der Waals surface area contributed by atoms with Crippen molar-refractivity contribution < 1.29 is 4.74 Å². The van der Waals surface area contributed by atoms with Gasteiger partial charge in [0.1, 0.15) is 0 Å². The van der Waals surface area contributed by atoms with Gasteiger partial charge in [0.25, 0.3) is 0 Å². The van der Waals surface area contributed by atoms with Gasteiger partial charge in [-0.3, -0.25) is 5.84 Å². The number of nitrogens with one attached hydrogen (secondary N) is 1. The third-order valence-electron chi connectivity index (χ3n) is 2.42. The second kappa shape index (κ2) is 4.59. The molecule has 3 N–H and O–H groups in total. The predicted molar refractivity (Wildman–Crippen MR) is 58.4 cm³/mol. The van der Waals surface area contributed by atoms with Crippen molar-refractivity contribution in [3.05, 3.63) is 21.3 Å². The number of nitrogens with two attached hydrogens (primary N) is 1. The molecule has 78 valence electrons. The highest BCUT2D eigenvalue weighted by Crippen LogP contribution is 2.32. The lowest BCUT2D eigenvalue weighted by atomic mass is 10.1. The Balaban J connectivity index is 2.12. The van der Waals surface area contributed by atoms with Gasteiger partial charge in [0, 0.05) is 11.5 Å². The fourth-order valence-electron chi connectivity index (χ4n) is 1.73. The average Bonchev–Trinajstić information content (AvgIpc) is 2.79. The largest absolute Gasteiger partial charge is 0.376 e. The summed E-state index contributed by atoms with van der Waals surface area (Å²) < 4.78 is 6.38. The van der Waals surface area contributed by atoms with Crippen molar-refractivity contribution in [2.75, 3.05) is 6.61 Å². The number of thiophene rings is 1. The highest BCUT2D eigenvalue weighted by molar-refractivity contribution is 7.16. The molecule has 0 radical (unpaired) electrons. The average molecular weight is 233 g/mol. The first kappa shape index (κ1) is 10.4. The molecule has 1 saturated heterocycles. The van der Waals surface area contributed by atoms with Crippen molar-refractivity contribution in [3.63, 3.8) is 0 Å². The molecule has 1 aliphatic heterocycles. The molecule has 3 nitrogen and oxygen atoms in total. The molecular formula is C9H13ClN2OS. The zero-order valence-electron chi connectivity index (χ0n) is 7.70. The summed E-state index contributed by atoms with van der Waals surface area (Å²) in [5.41, 5.74) is 2.80. The van der Waals surface area contributed by atoms with E-state index in [2.05, 4.69) is 5.43 Å². The van der Waals surface area contributed by atoms with E-state index >= 15 is 0 Å². The second-order valence-electron chi connectivity index (χ2n) is 3.34. The summed E-state index contributed by atoms with van der Waals surface area (Å²) in [7, 11) is 0. The molecule has 0 amide bonds. The van der Waals surface area contributed by atoms with Gasteiger partial charge in [0.2, 0.25) is 0 Å². The third kappa shape index (κ3) is 2.10. The first-order chi connectivity index (χ1) is 6.81. The minimum Gasteiger partial charge on any atom is -0.376 e. The van der Waals surface area contributed by atoms with E-state index in [9.17, 15) is 0 Å². The summed E-state index contributed by atoms with van der Waals surface area (Å²) >= 11 is 7.43. The number of hydrogen-bond donors (Lipinski definition) is 2. The van der Waals surface area contributed by atoms with E-state index in [-0.39, 0.29) is 12.1 Å². The lowest BCUT2D eigenvalue weighted by Crippen LogP contribution is -2.35. The standard InChI is InChI=1S/C9H13ClN2OS/c10-8-4-3-7(14-8)9(12-11)6-2-1-5-13-6/h3-4,6,9,12H,1-2,5,11H2. The molecule has 2 heterocycles. The molecular weight excluding hydrogens is 220 g/mol. The predicted octanol–water partition coefficient (Wildman–Crippen LogP) is 2.08. The van der Waals surface area contributed by atoms with E-state index in [1.54, 1.807) is 11.3 Å². The van der Waals surface area contributed by atoms with Crippen LogP contribution in [0.4, 0.5) is 0 Å². The van der Waals surface area contributed by atoms with Crippen molar-refractivity contribution >= 4 is 22.9 Å². The molecule has 1 aromatic rings. The zero-order chi connectivity index (χ0) is 9.97. The molecule has 2 atom stereocenters. The Hall–Kier alpha value is -0.130. The van der Waals surface area contributed by atoms with Crippen molar-refractivity contribution in [3.8, 4) is 0 Å². The Bertz CT molecular complexity index is 299. The Morgan fingerprint density at radius 2 is 2.50 bits per heavy atom. The van der Waals surface area contributed by atoms with E-state index in [0.717, 1.165) is 28.7 Å². The van der Waals surface area contributed by atoms with Crippen molar-refractivity contribution in [1.82, 2.24) is 5.43 Å². The monoisotopic (exact) mass is 232 g/mol. The third-order valence-corrected chi connectivity index (χ3v) is 3.73. The maximum Gasteiger partial charge on any atom is 0.0931 e. The van der Waals surface area contributed by atoms with E-state index in [1.165, 1.54) is 0 Å². The molecule has 1 aliphatic rings. The topological polar surface area (TPSA) is 47.3 Å². The molecule has 0 bridgehead atoms. The molecule has 14 heavy (non-hydrogen) atoms. The van der Waals surface area contributed by atoms with Crippen LogP contribution in [0.3, 0.4) is 0 Å². The van der Waals surface area contributed by atoms with Crippen LogP contribution in [0.1, 0.15) is 23.8 Å². The maximum absolute atomic E-state index is 5.88. The highest BCUT2D eigenvalue weighted by atomic mass is 35.5. The number of rotatable bonds is 3. The first-order valence-electron chi connectivity index (χ1n) is 4.64. The molecule has 2 rings (SSSR count). The normalized spacial score (nSPS) is 24.0. The minimum atomic E-state index is 0.0787. The van der Waals surface area contributed by atoms with E-state index in [1.807, 2.05) is 12.1 Å². The zero-order valence-corrected chi connectivity index (χ0v) is 9.27. The van der Waals surface area contributed by atoms with Crippen LogP contribution in [0, 0.1) is 0 Å². The Kier molecular flexibility index (Phi) is 3.41. The summed E-state index contributed by atoms with van der Waals surface area (Å²) in [6.07, 6.45) is 2.36. The number of halogens is 1. The number of hydrogen-bond acceptors (Lipinski definition) is 4. The van der Waals surface area contributed by atoms with Gasteiger partial charge >= 0.3 is 0 Å². The summed E-state index contributed by atoms with van der Waals surface area (Å²) in [6.45, 7) is 0.835. The number of ether oxygens (including phenoxy) is 1. The van der Waals surface area contributed by atoms with Gasteiger partial charge in [-0.25, -0.2) is 5.43 Å².